The third-order valence-corrected chi connectivity index (χ3v) is 2.88. The quantitative estimate of drug-likeness (QED) is 0.297. The fourth-order valence-electron chi connectivity index (χ4n) is 1.57. The normalized spacial score (nSPS) is 15.3. The first kappa shape index (κ1) is 14.8. The molecule has 2 N–H and O–H groups in total. The molecule has 0 heterocycles. The van der Waals surface area contributed by atoms with Gasteiger partial charge in [0.2, 0.25) is 0 Å². The first-order valence-corrected chi connectivity index (χ1v) is 6.85. The molecule has 5 heteroatoms. The molecule has 0 aromatic rings. The van der Waals surface area contributed by atoms with Crippen LogP contribution in [0.25, 0.3) is 0 Å². The van der Waals surface area contributed by atoms with Crippen molar-refractivity contribution < 1.29 is 9.53 Å². The molecule has 1 aliphatic carbocycles. The molecule has 0 unspecified atom stereocenters. The SMILES string of the molecule is CCNC(=NCC1CC1)NCCCCC(=O)OC. The van der Waals surface area contributed by atoms with Crippen LogP contribution in [-0.2, 0) is 9.53 Å². The maximum atomic E-state index is 10.9. The Morgan fingerprint density at radius 3 is 2.72 bits per heavy atom. The lowest BCUT2D eigenvalue weighted by Crippen LogP contribution is -2.38. The number of hydrogen-bond acceptors (Lipinski definition) is 3. The van der Waals surface area contributed by atoms with Crippen LogP contribution >= 0.6 is 0 Å². The summed E-state index contributed by atoms with van der Waals surface area (Å²) in [6, 6.07) is 0. The van der Waals surface area contributed by atoms with Crippen molar-refractivity contribution in [2.45, 2.75) is 39.0 Å². The Morgan fingerprint density at radius 1 is 1.33 bits per heavy atom. The van der Waals surface area contributed by atoms with Gasteiger partial charge in [-0.15, -0.1) is 0 Å². The van der Waals surface area contributed by atoms with Gasteiger partial charge < -0.3 is 15.4 Å². The molecule has 0 amide bonds. The highest BCUT2D eigenvalue weighted by Crippen LogP contribution is 2.28. The summed E-state index contributed by atoms with van der Waals surface area (Å²) in [6.07, 6.45) is 4.93. The summed E-state index contributed by atoms with van der Waals surface area (Å²) >= 11 is 0. The predicted molar refractivity (Wildman–Crippen MR) is 72.6 cm³/mol. The van der Waals surface area contributed by atoms with Crippen LogP contribution < -0.4 is 10.6 Å². The van der Waals surface area contributed by atoms with Crippen molar-refractivity contribution in [3.05, 3.63) is 0 Å². The number of unbranched alkanes of at least 4 members (excludes halogenated alkanes) is 1. The van der Waals surface area contributed by atoms with E-state index in [4.69, 9.17) is 0 Å². The van der Waals surface area contributed by atoms with Gasteiger partial charge in [-0.05, 0) is 38.5 Å². The maximum Gasteiger partial charge on any atom is 0.305 e. The maximum absolute atomic E-state index is 10.9. The number of hydrogen-bond donors (Lipinski definition) is 2. The number of nitrogens with one attached hydrogen (secondary N) is 2. The van der Waals surface area contributed by atoms with Gasteiger partial charge in [-0.25, -0.2) is 0 Å². The van der Waals surface area contributed by atoms with E-state index in [-0.39, 0.29) is 5.97 Å². The van der Waals surface area contributed by atoms with Crippen molar-refractivity contribution in [1.29, 1.82) is 0 Å². The van der Waals surface area contributed by atoms with Crippen LogP contribution in [0.2, 0.25) is 0 Å². The van der Waals surface area contributed by atoms with Crippen LogP contribution in [0, 0.1) is 5.92 Å². The first-order valence-electron chi connectivity index (χ1n) is 6.85. The highest BCUT2D eigenvalue weighted by atomic mass is 16.5. The molecule has 0 atom stereocenters. The molecule has 0 spiro atoms. The minimum absolute atomic E-state index is 0.135. The number of methoxy groups -OCH3 is 1. The number of esters is 1. The van der Waals surface area contributed by atoms with Gasteiger partial charge in [0.1, 0.15) is 0 Å². The summed E-state index contributed by atoms with van der Waals surface area (Å²) in [6.45, 7) is 4.70. The Bertz CT molecular complexity index is 275. The van der Waals surface area contributed by atoms with Crippen molar-refractivity contribution in [2.75, 3.05) is 26.7 Å². The molecule has 5 nitrogen and oxygen atoms in total. The summed E-state index contributed by atoms with van der Waals surface area (Å²) < 4.78 is 4.59. The van der Waals surface area contributed by atoms with E-state index in [2.05, 4.69) is 27.3 Å². The highest BCUT2D eigenvalue weighted by molar-refractivity contribution is 5.79. The van der Waals surface area contributed by atoms with Gasteiger partial charge in [0.05, 0.1) is 7.11 Å². The number of rotatable bonds is 8. The molecule has 0 bridgehead atoms. The van der Waals surface area contributed by atoms with Crippen molar-refractivity contribution in [3.8, 4) is 0 Å². The van der Waals surface area contributed by atoms with E-state index in [0.29, 0.717) is 6.42 Å². The average molecular weight is 255 g/mol. The van der Waals surface area contributed by atoms with Gasteiger partial charge in [0, 0.05) is 26.1 Å². The zero-order chi connectivity index (χ0) is 13.2. The molecule has 0 saturated heterocycles. The fourth-order valence-corrected chi connectivity index (χ4v) is 1.57. The second kappa shape index (κ2) is 8.78. The first-order chi connectivity index (χ1) is 8.76. The van der Waals surface area contributed by atoms with E-state index in [1.54, 1.807) is 0 Å². The molecule has 1 aliphatic rings. The van der Waals surface area contributed by atoms with Crippen LogP contribution in [0.3, 0.4) is 0 Å². The number of nitrogens with zero attached hydrogens (tertiary/aromatic N) is 1. The second-order valence-corrected chi connectivity index (χ2v) is 4.62. The average Bonchev–Trinajstić information content (AvgIpc) is 3.19. The van der Waals surface area contributed by atoms with Crippen LogP contribution in [0.5, 0.6) is 0 Å². The number of carbonyl (C=O) groups is 1. The fraction of sp³-hybridized carbons (Fsp3) is 0.846. The van der Waals surface area contributed by atoms with Crippen LogP contribution in [0.1, 0.15) is 39.0 Å². The lowest BCUT2D eigenvalue weighted by atomic mass is 10.2. The molecule has 104 valence electrons. The topological polar surface area (TPSA) is 62.7 Å². The molecule has 0 aromatic heterocycles. The number of guanidine groups is 1. The molecular weight excluding hydrogens is 230 g/mol. The minimum atomic E-state index is -0.135. The summed E-state index contributed by atoms with van der Waals surface area (Å²) in [5, 5.41) is 6.51. The molecule has 0 radical (unpaired) electrons. The van der Waals surface area contributed by atoms with Gasteiger partial charge in [-0.2, -0.15) is 0 Å². The highest BCUT2D eigenvalue weighted by Gasteiger charge is 2.20. The predicted octanol–water partition coefficient (Wildman–Crippen LogP) is 1.29. The lowest BCUT2D eigenvalue weighted by Gasteiger charge is -2.10. The second-order valence-electron chi connectivity index (χ2n) is 4.62. The molecule has 1 fully saturated rings. The van der Waals surface area contributed by atoms with Gasteiger partial charge in [0.25, 0.3) is 0 Å². The molecule has 1 saturated carbocycles. The third kappa shape index (κ3) is 7.14. The van der Waals surface area contributed by atoms with Crippen LogP contribution in [-0.4, -0.2) is 38.7 Å². The van der Waals surface area contributed by atoms with Gasteiger partial charge in [-0.3, -0.25) is 9.79 Å². The van der Waals surface area contributed by atoms with Gasteiger partial charge in [0.15, 0.2) is 5.96 Å². The standard InChI is InChI=1S/C13H25N3O2/c1-3-14-13(16-10-11-7-8-11)15-9-5-4-6-12(17)18-2/h11H,3-10H2,1-2H3,(H2,14,15,16). The van der Waals surface area contributed by atoms with E-state index < -0.39 is 0 Å². The summed E-state index contributed by atoms with van der Waals surface area (Å²) in [5.41, 5.74) is 0. The Morgan fingerprint density at radius 2 is 2.11 bits per heavy atom. The number of carbonyl (C=O) groups excluding carboxylic acids is 1. The van der Waals surface area contributed by atoms with E-state index in [1.165, 1.54) is 20.0 Å². The van der Waals surface area contributed by atoms with E-state index in [0.717, 1.165) is 44.4 Å². The number of aliphatic imine (C=N–C) groups is 1. The van der Waals surface area contributed by atoms with Crippen LogP contribution in [0.15, 0.2) is 4.99 Å². The Kier molecular flexibility index (Phi) is 7.22. The lowest BCUT2D eigenvalue weighted by molar-refractivity contribution is -0.140. The molecule has 18 heavy (non-hydrogen) atoms. The van der Waals surface area contributed by atoms with Gasteiger partial charge >= 0.3 is 5.97 Å². The Balaban J connectivity index is 2.08. The van der Waals surface area contributed by atoms with Crippen molar-refractivity contribution in [2.24, 2.45) is 10.9 Å². The summed E-state index contributed by atoms with van der Waals surface area (Å²) in [7, 11) is 1.42. The van der Waals surface area contributed by atoms with E-state index in [9.17, 15) is 4.79 Å². The van der Waals surface area contributed by atoms with Gasteiger partial charge in [-0.1, -0.05) is 0 Å². The van der Waals surface area contributed by atoms with Crippen molar-refractivity contribution >= 4 is 11.9 Å². The molecule has 0 aliphatic heterocycles. The zero-order valence-corrected chi connectivity index (χ0v) is 11.5. The van der Waals surface area contributed by atoms with Crippen molar-refractivity contribution in [1.82, 2.24) is 10.6 Å². The van der Waals surface area contributed by atoms with Crippen LogP contribution in [0.4, 0.5) is 0 Å². The monoisotopic (exact) mass is 255 g/mol. The minimum Gasteiger partial charge on any atom is -0.469 e. The summed E-state index contributed by atoms with van der Waals surface area (Å²) in [5.74, 6) is 1.56. The van der Waals surface area contributed by atoms with Crippen molar-refractivity contribution in [3.63, 3.8) is 0 Å². The van der Waals surface area contributed by atoms with E-state index >= 15 is 0 Å². The molecular formula is C13H25N3O2. The number of ether oxygens (including phenoxy) is 1. The smallest absolute Gasteiger partial charge is 0.305 e. The summed E-state index contributed by atoms with van der Waals surface area (Å²) in [4.78, 5) is 15.4. The third-order valence-electron chi connectivity index (χ3n) is 2.88. The van der Waals surface area contributed by atoms with E-state index in [1.807, 2.05) is 0 Å². The molecule has 0 aromatic carbocycles. The largest absolute Gasteiger partial charge is 0.469 e. The zero-order valence-electron chi connectivity index (χ0n) is 11.5. The Labute approximate surface area is 109 Å². The Hall–Kier alpha value is -1.26. The molecule has 1 rings (SSSR count).